The van der Waals surface area contributed by atoms with Crippen molar-refractivity contribution < 1.29 is 9.47 Å². The van der Waals surface area contributed by atoms with Crippen molar-refractivity contribution in [2.75, 3.05) is 7.11 Å². The van der Waals surface area contributed by atoms with Crippen LogP contribution in [-0.2, 0) is 11.3 Å². The van der Waals surface area contributed by atoms with Gasteiger partial charge in [0.05, 0.1) is 19.8 Å². The first-order valence-corrected chi connectivity index (χ1v) is 9.20. The topological polar surface area (TPSA) is 18.5 Å². The van der Waals surface area contributed by atoms with Crippen LogP contribution in [0.25, 0.3) is 0 Å². The van der Waals surface area contributed by atoms with E-state index in [4.69, 9.17) is 9.47 Å². The lowest BCUT2D eigenvalue weighted by Crippen LogP contribution is -2.06. The van der Waals surface area contributed by atoms with Gasteiger partial charge in [0, 0.05) is 8.04 Å². The first-order chi connectivity index (χ1) is 10.6. The molecule has 0 saturated heterocycles. The Balaban J connectivity index is 2.09. The van der Waals surface area contributed by atoms with Crippen LogP contribution < -0.4 is 4.74 Å². The van der Waals surface area contributed by atoms with Gasteiger partial charge in [0.15, 0.2) is 0 Å². The molecule has 118 valence electrons. The van der Waals surface area contributed by atoms with Crippen LogP contribution in [-0.4, -0.2) is 7.11 Å². The van der Waals surface area contributed by atoms with E-state index in [1.807, 2.05) is 24.3 Å². The average Bonchev–Trinajstić information content (AvgIpc) is 2.54. The van der Waals surface area contributed by atoms with Gasteiger partial charge >= 0.3 is 0 Å². The van der Waals surface area contributed by atoms with Crippen molar-refractivity contribution in [3.8, 4) is 5.75 Å². The highest BCUT2D eigenvalue weighted by Gasteiger charge is 2.15. The fourth-order valence-electron chi connectivity index (χ4n) is 2.27. The predicted octanol–water partition coefficient (Wildman–Crippen LogP) is 6.12. The molecule has 0 N–H and O–H groups in total. The molecular formula is C18H20BrIO2. The molecule has 0 amide bonds. The molecule has 0 aliphatic carbocycles. The minimum atomic E-state index is 0.122. The quantitative estimate of drug-likeness (QED) is 0.450. The van der Waals surface area contributed by atoms with E-state index < -0.39 is 0 Å². The summed E-state index contributed by atoms with van der Waals surface area (Å²) in [7, 11) is 1.68. The Kier molecular flexibility index (Phi) is 7.18. The zero-order chi connectivity index (χ0) is 15.9. The van der Waals surface area contributed by atoms with Crippen molar-refractivity contribution >= 4 is 38.5 Å². The zero-order valence-corrected chi connectivity index (χ0v) is 16.6. The second kappa shape index (κ2) is 8.89. The molecule has 2 rings (SSSR count). The number of rotatable bonds is 7. The summed E-state index contributed by atoms with van der Waals surface area (Å²) in [6, 6.07) is 14.4. The van der Waals surface area contributed by atoms with E-state index in [0.29, 0.717) is 6.61 Å². The van der Waals surface area contributed by atoms with Gasteiger partial charge in [0.25, 0.3) is 0 Å². The highest BCUT2D eigenvalue weighted by atomic mass is 127. The Morgan fingerprint density at radius 1 is 1.14 bits per heavy atom. The molecule has 1 atom stereocenters. The van der Waals surface area contributed by atoms with Crippen LogP contribution in [0.3, 0.4) is 0 Å². The largest absolute Gasteiger partial charge is 0.497 e. The first kappa shape index (κ1) is 17.8. The normalized spacial score (nSPS) is 12.2. The summed E-state index contributed by atoms with van der Waals surface area (Å²) >= 11 is 5.93. The number of halogens is 2. The number of ether oxygens (including phenoxy) is 2. The summed E-state index contributed by atoms with van der Waals surface area (Å²) in [4.78, 5) is 0. The number of hydrogen-bond acceptors (Lipinski definition) is 2. The average molecular weight is 475 g/mol. The smallest absolute Gasteiger partial charge is 0.118 e. The summed E-state index contributed by atoms with van der Waals surface area (Å²) < 4.78 is 13.7. The molecule has 2 aromatic rings. The maximum atomic E-state index is 6.20. The van der Waals surface area contributed by atoms with E-state index in [1.165, 1.54) is 9.13 Å². The monoisotopic (exact) mass is 474 g/mol. The second-order valence-electron chi connectivity index (χ2n) is 5.10. The maximum absolute atomic E-state index is 6.20. The van der Waals surface area contributed by atoms with Crippen LogP contribution in [0.1, 0.15) is 37.0 Å². The number of hydrogen-bond donors (Lipinski definition) is 0. The van der Waals surface area contributed by atoms with Crippen LogP contribution in [0, 0.1) is 3.57 Å². The van der Waals surface area contributed by atoms with E-state index in [-0.39, 0.29) is 6.10 Å². The van der Waals surface area contributed by atoms with Crippen molar-refractivity contribution in [3.63, 3.8) is 0 Å². The fourth-order valence-corrected chi connectivity index (χ4v) is 3.33. The van der Waals surface area contributed by atoms with Gasteiger partial charge in [0.2, 0.25) is 0 Å². The van der Waals surface area contributed by atoms with Crippen LogP contribution in [0.4, 0.5) is 0 Å². The molecule has 1 unspecified atom stereocenters. The minimum absolute atomic E-state index is 0.122. The van der Waals surface area contributed by atoms with Gasteiger partial charge in [-0.05, 0) is 70.5 Å². The lowest BCUT2D eigenvalue weighted by molar-refractivity contribution is 0.0328. The molecule has 0 aromatic heterocycles. The number of benzene rings is 2. The highest BCUT2D eigenvalue weighted by Crippen LogP contribution is 2.30. The third kappa shape index (κ3) is 4.96. The third-order valence-corrected chi connectivity index (χ3v) is 4.94. The van der Waals surface area contributed by atoms with Crippen LogP contribution in [0.2, 0.25) is 0 Å². The first-order valence-electron chi connectivity index (χ1n) is 7.33. The summed E-state index contributed by atoms with van der Waals surface area (Å²) in [5.41, 5.74) is 2.41. The molecule has 2 aromatic carbocycles. The molecule has 0 bridgehead atoms. The van der Waals surface area contributed by atoms with E-state index in [2.05, 4.69) is 63.6 Å². The van der Waals surface area contributed by atoms with Crippen molar-refractivity contribution in [3.05, 3.63) is 61.6 Å². The van der Waals surface area contributed by atoms with E-state index >= 15 is 0 Å². The number of methoxy groups -OCH3 is 1. The van der Waals surface area contributed by atoms with Crippen molar-refractivity contribution in [1.82, 2.24) is 0 Å². The molecule has 4 heteroatoms. The molecule has 2 nitrogen and oxygen atoms in total. The Bertz CT molecular complexity index is 599. The van der Waals surface area contributed by atoms with Crippen molar-refractivity contribution in [2.24, 2.45) is 0 Å². The molecule has 0 saturated carbocycles. The molecule has 22 heavy (non-hydrogen) atoms. The van der Waals surface area contributed by atoms with Gasteiger partial charge in [-0.25, -0.2) is 0 Å². The Hall–Kier alpha value is -0.590. The summed E-state index contributed by atoms with van der Waals surface area (Å²) in [5.74, 6) is 0.871. The fraction of sp³-hybridized carbons (Fsp3) is 0.333. The van der Waals surface area contributed by atoms with E-state index in [0.717, 1.165) is 28.6 Å². The summed E-state index contributed by atoms with van der Waals surface area (Å²) in [5, 5.41) is 0. The van der Waals surface area contributed by atoms with Gasteiger partial charge in [-0.15, -0.1) is 0 Å². The van der Waals surface area contributed by atoms with Gasteiger partial charge in [-0.1, -0.05) is 41.4 Å². The molecule has 0 aliphatic rings. The van der Waals surface area contributed by atoms with Crippen LogP contribution in [0.15, 0.2) is 46.9 Å². The third-order valence-electron chi connectivity index (χ3n) is 3.47. The van der Waals surface area contributed by atoms with Crippen molar-refractivity contribution in [2.45, 2.75) is 32.5 Å². The maximum Gasteiger partial charge on any atom is 0.118 e. The lowest BCUT2D eigenvalue weighted by Gasteiger charge is -2.20. The SMILES string of the molecule is CCCC(OCc1ccc(OC)cc1)c1cc(Br)ccc1I. The second-order valence-corrected chi connectivity index (χ2v) is 7.18. The highest BCUT2D eigenvalue weighted by molar-refractivity contribution is 14.1. The molecule has 0 fully saturated rings. The van der Waals surface area contributed by atoms with Gasteiger partial charge in [0.1, 0.15) is 5.75 Å². The Labute approximate surface area is 154 Å². The van der Waals surface area contributed by atoms with Crippen molar-refractivity contribution in [1.29, 1.82) is 0 Å². The molecule has 0 heterocycles. The Morgan fingerprint density at radius 2 is 1.86 bits per heavy atom. The van der Waals surface area contributed by atoms with E-state index in [9.17, 15) is 0 Å². The lowest BCUT2D eigenvalue weighted by atomic mass is 10.1. The van der Waals surface area contributed by atoms with Gasteiger partial charge < -0.3 is 9.47 Å². The molecule has 0 spiro atoms. The molecular weight excluding hydrogens is 455 g/mol. The molecule has 0 radical (unpaired) electrons. The molecule has 0 aliphatic heterocycles. The standard InChI is InChI=1S/C18H20BrIO2/c1-3-4-18(16-11-14(19)7-10-17(16)20)22-12-13-5-8-15(21-2)9-6-13/h5-11,18H,3-4,12H2,1-2H3. The minimum Gasteiger partial charge on any atom is -0.497 e. The summed E-state index contributed by atoms with van der Waals surface area (Å²) in [6.07, 6.45) is 2.23. The van der Waals surface area contributed by atoms with Crippen LogP contribution in [0.5, 0.6) is 5.75 Å². The van der Waals surface area contributed by atoms with E-state index in [1.54, 1.807) is 7.11 Å². The zero-order valence-electron chi connectivity index (χ0n) is 12.8. The van der Waals surface area contributed by atoms with Crippen LogP contribution >= 0.6 is 38.5 Å². The summed E-state index contributed by atoms with van der Waals surface area (Å²) in [6.45, 7) is 2.80. The van der Waals surface area contributed by atoms with Gasteiger partial charge in [-0.2, -0.15) is 0 Å². The predicted molar refractivity (Wildman–Crippen MR) is 102 cm³/mol. The van der Waals surface area contributed by atoms with Gasteiger partial charge in [-0.3, -0.25) is 0 Å². The Morgan fingerprint density at radius 3 is 2.50 bits per heavy atom.